The first-order valence-electron chi connectivity index (χ1n) is 6.35. The Morgan fingerprint density at radius 2 is 1.80 bits per heavy atom. The number of hydrogen-bond acceptors (Lipinski definition) is 3. The molecule has 0 unspecified atom stereocenters. The van der Waals surface area contributed by atoms with Crippen molar-refractivity contribution in [2.75, 3.05) is 5.73 Å². The van der Waals surface area contributed by atoms with Gasteiger partial charge in [-0.3, -0.25) is 0 Å². The molecule has 4 heteroatoms. The van der Waals surface area contributed by atoms with E-state index in [1.807, 2.05) is 26.0 Å². The Morgan fingerprint density at radius 3 is 2.60 bits per heavy atom. The maximum Gasteiger partial charge on any atom is 0.162 e. The lowest BCUT2D eigenvalue weighted by molar-refractivity contribution is 1.21. The van der Waals surface area contributed by atoms with Crippen LogP contribution in [0.1, 0.15) is 11.1 Å². The van der Waals surface area contributed by atoms with Gasteiger partial charge in [-0.05, 0) is 43.7 Å². The van der Waals surface area contributed by atoms with Crippen LogP contribution in [0.2, 0.25) is 5.02 Å². The number of aryl methyl sites for hydroxylation is 2. The number of rotatable bonds is 1. The zero-order chi connectivity index (χ0) is 14.3. The van der Waals surface area contributed by atoms with Crippen LogP contribution in [0.25, 0.3) is 22.3 Å². The van der Waals surface area contributed by atoms with Crippen LogP contribution >= 0.6 is 11.6 Å². The van der Waals surface area contributed by atoms with Crippen LogP contribution < -0.4 is 5.73 Å². The molecule has 0 saturated carbocycles. The summed E-state index contributed by atoms with van der Waals surface area (Å²) in [7, 11) is 0. The Labute approximate surface area is 122 Å². The van der Waals surface area contributed by atoms with Crippen LogP contribution in [0.4, 0.5) is 5.82 Å². The first kappa shape index (κ1) is 12.9. The van der Waals surface area contributed by atoms with Gasteiger partial charge >= 0.3 is 0 Å². The van der Waals surface area contributed by atoms with E-state index in [1.165, 1.54) is 5.56 Å². The number of hydrogen-bond donors (Lipinski definition) is 1. The van der Waals surface area contributed by atoms with E-state index in [0.29, 0.717) is 16.7 Å². The molecule has 0 radical (unpaired) electrons. The summed E-state index contributed by atoms with van der Waals surface area (Å²) in [6.45, 7) is 4.09. The van der Waals surface area contributed by atoms with Gasteiger partial charge in [0.2, 0.25) is 0 Å². The number of nitrogen functional groups attached to an aromatic ring is 1. The number of nitrogens with two attached hydrogens (primary N) is 1. The number of halogens is 1. The second-order valence-corrected chi connectivity index (χ2v) is 5.35. The number of benzene rings is 2. The third-order valence-corrected chi connectivity index (χ3v) is 3.56. The van der Waals surface area contributed by atoms with Gasteiger partial charge in [-0.2, -0.15) is 0 Å². The smallest absolute Gasteiger partial charge is 0.162 e. The predicted molar refractivity (Wildman–Crippen MR) is 83.9 cm³/mol. The molecule has 1 aromatic heterocycles. The van der Waals surface area contributed by atoms with Crippen LogP contribution in [-0.2, 0) is 0 Å². The van der Waals surface area contributed by atoms with E-state index in [9.17, 15) is 0 Å². The van der Waals surface area contributed by atoms with E-state index in [2.05, 4.69) is 28.2 Å². The standard InChI is InChI=1S/C16H14ClN3/c1-9-3-4-10(2)12(7-9)16-19-14-6-5-11(17)8-13(14)15(18)20-16/h3-8H,1-2H3,(H2,18,19,20). The van der Waals surface area contributed by atoms with Gasteiger partial charge in [0.15, 0.2) is 5.82 Å². The van der Waals surface area contributed by atoms with Gasteiger partial charge in [0, 0.05) is 16.0 Å². The SMILES string of the molecule is Cc1ccc(C)c(-c2nc(N)c3cc(Cl)ccc3n2)c1. The summed E-state index contributed by atoms with van der Waals surface area (Å²) in [5, 5.41) is 1.42. The summed E-state index contributed by atoms with van der Waals surface area (Å²) in [4.78, 5) is 9.02. The van der Waals surface area contributed by atoms with E-state index in [-0.39, 0.29) is 0 Å². The van der Waals surface area contributed by atoms with Crippen molar-refractivity contribution >= 4 is 28.3 Å². The van der Waals surface area contributed by atoms with Crippen molar-refractivity contribution in [2.24, 2.45) is 0 Å². The molecule has 0 aliphatic carbocycles. The summed E-state index contributed by atoms with van der Waals surface area (Å²) in [6.07, 6.45) is 0. The largest absolute Gasteiger partial charge is 0.383 e. The molecular weight excluding hydrogens is 270 g/mol. The minimum Gasteiger partial charge on any atom is -0.383 e. The molecule has 3 aromatic rings. The van der Waals surface area contributed by atoms with Crippen molar-refractivity contribution in [1.29, 1.82) is 0 Å². The van der Waals surface area contributed by atoms with E-state index in [4.69, 9.17) is 17.3 Å². The lowest BCUT2D eigenvalue weighted by atomic mass is 10.0. The summed E-state index contributed by atoms with van der Waals surface area (Å²) in [5.41, 5.74) is 10.2. The molecular formula is C16H14ClN3. The van der Waals surface area contributed by atoms with Crippen LogP contribution in [0.15, 0.2) is 36.4 Å². The summed E-state index contributed by atoms with van der Waals surface area (Å²) in [6, 6.07) is 11.7. The second-order valence-electron chi connectivity index (χ2n) is 4.91. The Bertz CT molecular complexity index is 812. The Kier molecular flexibility index (Phi) is 3.07. The van der Waals surface area contributed by atoms with Crippen molar-refractivity contribution in [2.45, 2.75) is 13.8 Å². The van der Waals surface area contributed by atoms with Crippen LogP contribution in [0.3, 0.4) is 0 Å². The fourth-order valence-electron chi connectivity index (χ4n) is 2.22. The van der Waals surface area contributed by atoms with Gasteiger partial charge in [0.05, 0.1) is 5.52 Å². The van der Waals surface area contributed by atoms with E-state index < -0.39 is 0 Å². The molecule has 1 heterocycles. The van der Waals surface area contributed by atoms with Gasteiger partial charge in [0.25, 0.3) is 0 Å². The van der Waals surface area contributed by atoms with Gasteiger partial charge in [0.1, 0.15) is 5.82 Å². The minimum atomic E-state index is 0.452. The molecule has 2 N–H and O–H groups in total. The lowest BCUT2D eigenvalue weighted by Gasteiger charge is -2.09. The molecule has 0 fully saturated rings. The minimum absolute atomic E-state index is 0.452. The summed E-state index contributed by atoms with van der Waals surface area (Å²) >= 11 is 5.98. The van der Waals surface area contributed by atoms with Crippen molar-refractivity contribution in [3.8, 4) is 11.4 Å². The highest BCUT2D eigenvalue weighted by Crippen LogP contribution is 2.27. The van der Waals surface area contributed by atoms with E-state index >= 15 is 0 Å². The first-order chi connectivity index (χ1) is 9.54. The molecule has 100 valence electrons. The normalized spacial score (nSPS) is 10.9. The number of anilines is 1. The highest BCUT2D eigenvalue weighted by atomic mass is 35.5. The molecule has 3 rings (SSSR count). The maximum absolute atomic E-state index is 6.04. The zero-order valence-electron chi connectivity index (χ0n) is 11.3. The lowest BCUT2D eigenvalue weighted by Crippen LogP contribution is -1.99. The molecule has 2 aromatic carbocycles. The van der Waals surface area contributed by atoms with Crippen molar-refractivity contribution < 1.29 is 0 Å². The molecule has 0 aliphatic rings. The Hall–Kier alpha value is -2.13. The first-order valence-corrected chi connectivity index (χ1v) is 6.73. The third-order valence-electron chi connectivity index (χ3n) is 3.32. The monoisotopic (exact) mass is 283 g/mol. The van der Waals surface area contributed by atoms with Crippen molar-refractivity contribution in [3.63, 3.8) is 0 Å². The van der Waals surface area contributed by atoms with E-state index in [1.54, 1.807) is 6.07 Å². The highest BCUT2D eigenvalue weighted by Gasteiger charge is 2.10. The number of aromatic nitrogens is 2. The maximum atomic E-state index is 6.04. The average molecular weight is 284 g/mol. The van der Waals surface area contributed by atoms with Gasteiger partial charge in [-0.25, -0.2) is 9.97 Å². The van der Waals surface area contributed by atoms with Crippen LogP contribution in [-0.4, -0.2) is 9.97 Å². The molecule has 0 saturated heterocycles. The van der Waals surface area contributed by atoms with Gasteiger partial charge in [-0.1, -0.05) is 29.3 Å². The van der Waals surface area contributed by atoms with Crippen LogP contribution in [0, 0.1) is 13.8 Å². The molecule has 0 amide bonds. The fraction of sp³-hybridized carbons (Fsp3) is 0.125. The molecule has 0 atom stereocenters. The summed E-state index contributed by atoms with van der Waals surface area (Å²) < 4.78 is 0. The number of nitrogens with zero attached hydrogens (tertiary/aromatic N) is 2. The quantitative estimate of drug-likeness (QED) is 0.730. The van der Waals surface area contributed by atoms with Crippen molar-refractivity contribution in [1.82, 2.24) is 9.97 Å². The highest BCUT2D eigenvalue weighted by molar-refractivity contribution is 6.31. The molecule has 0 aliphatic heterocycles. The molecule has 0 bridgehead atoms. The summed E-state index contributed by atoms with van der Waals surface area (Å²) in [5.74, 6) is 1.10. The van der Waals surface area contributed by atoms with Crippen LogP contribution in [0.5, 0.6) is 0 Å². The predicted octanol–water partition coefficient (Wildman–Crippen LogP) is 4.15. The fourth-order valence-corrected chi connectivity index (χ4v) is 2.39. The van der Waals surface area contributed by atoms with Crippen molar-refractivity contribution in [3.05, 3.63) is 52.5 Å². The van der Waals surface area contributed by atoms with Gasteiger partial charge < -0.3 is 5.73 Å². The third kappa shape index (κ3) is 2.21. The molecule has 20 heavy (non-hydrogen) atoms. The Balaban J connectivity index is 2.27. The number of fused-ring (bicyclic) bond motifs is 1. The van der Waals surface area contributed by atoms with Gasteiger partial charge in [-0.15, -0.1) is 0 Å². The Morgan fingerprint density at radius 1 is 1.00 bits per heavy atom. The topological polar surface area (TPSA) is 51.8 Å². The average Bonchev–Trinajstić information content (AvgIpc) is 2.42. The zero-order valence-corrected chi connectivity index (χ0v) is 12.1. The second kappa shape index (κ2) is 4.76. The molecule has 0 spiro atoms. The van der Waals surface area contributed by atoms with E-state index in [0.717, 1.165) is 22.0 Å². The molecule has 3 nitrogen and oxygen atoms in total.